The van der Waals surface area contributed by atoms with Crippen LogP contribution >= 0.6 is 0 Å². The zero-order chi connectivity index (χ0) is 18.2. The molecule has 5 heteroatoms. The third-order valence-electron chi connectivity index (χ3n) is 4.48. The lowest BCUT2D eigenvalue weighted by Gasteiger charge is -2.29. The van der Waals surface area contributed by atoms with Crippen molar-refractivity contribution in [1.82, 2.24) is 15.5 Å². The summed E-state index contributed by atoms with van der Waals surface area (Å²) in [4.78, 5) is 14.2. The molecule has 1 aliphatic rings. The SMILES string of the molecule is C#CC(NC(=O)NCc1ccc(OC2CCN(C)CC2)cc1)C(C)C. The molecule has 0 radical (unpaired) electrons. The molecule has 0 aromatic heterocycles. The van der Waals surface area contributed by atoms with Crippen molar-refractivity contribution in [3.63, 3.8) is 0 Å². The second-order valence-electron chi connectivity index (χ2n) is 6.98. The highest BCUT2D eigenvalue weighted by Crippen LogP contribution is 2.19. The molecule has 1 aromatic carbocycles. The molecule has 5 nitrogen and oxygen atoms in total. The molecule has 1 unspecified atom stereocenters. The van der Waals surface area contributed by atoms with Gasteiger partial charge in [0.15, 0.2) is 0 Å². The number of piperidine rings is 1. The van der Waals surface area contributed by atoms with Crippen molar-refractivity contribution in [2.24, 2.45) is 5.92 Å². The number of urea groups is 1. The first-order valence-electron chi connectivity index (χ1n) is 8.92. The Morgan fingerprint density at radius 1 is 1.32 bits per heavy atom. The van der Waals surface area contributed by atoms with E-state index in [1.165, 1.54) is 0 Å². The summed E-state index contributed by atoms with van der Waals surface area (Å²) in [7, 11) is 2.14. The Balaban J connectivity index is 1.76. The Kier molecular flexibility index (Phi) is 7.15. The van der Waals surface area contributed by atoms with Gasteiger partial charge in [-0.25, -0.2) is 4.79 Å². The number of hydrogen-bond acceptors (Lipinski definition) is 3. The highest BCUT2D eigenvalue weighted by atomic mass is 16.5. The van der Waals surface area contributed by atoms with Crippen molar-refractivity contribution in [3.8, 4) is 18.1 Å². The number of carbonyl (C=O) groups excluding carboxylic acids is 1. The number of nitrogens with zero attached hydrogens (tertiary/aromatic N) is 1. The molecule has 1 saturated heterocycles. The number of likely N-dealkylation sites (tertiary alicyclic amines) is 1. The Morgan fingerprint density at radius 2 is 1.96 bits per heavy atom. The summed E-state index contributed by atoms with van der Waals surface area (Å²) in [6.07, 6.45) is 7.84. The summed E-state index contributed by atoms with van der Waals surface area (Å²) in [6.45, 7) is 6.57. The highest BCUT2D eigenvalue weighted by molar-refractivity contribution is 5.74. The van der Waals surface area contributed by atoms with E-state index in [2.05, 4.69) is 28.5 Å². The molecular weight excluding hydrogens is 314 g/mol. The van der Waals surface area contributed by atoms with Crippen LogP contribution in [0.1, 0.15) is 32.3 Å². The van der Waals surface area contributed by atoms with Crippen LogP contribution in [-0.4, -0.2) is 43.2 Å². The topological polar surface area (TPSA) is 53.6 Å². The van der Waals surface area contributed by atoms with Crippen LogP contribution in [0.4, 0.5) is 4.79 Å². The number of nitrogens with one attached hydrogen (secondary N) is 2. The minimum Gasteiger partial charge on any atom is -0.490 e. The third kappa shape index (κ3) is 6.32. The summed E-state index contributed by atoms with van der Waals surface area (Å²) < 4.78 is 6.03. The van der Waals surface area contributed by atoms with Gasteiger partial charge in [0.05, 0.1) is 6.04 Å². The second kappa shape index (κ2) is 9.33. The molecule has 1 aliphatic heterocycles. The zero-order valence-electron chi connectivity index (χ0n) is 15.4. The smallest absolute Gasteiger partial charge is 0.316 e. The molecule has 25 heavy (non-hydrogen) atoms. The summed E-state index contributed by atoms with van der Waals surface area (Å²) in [6, 6.07) is 7.38. The van der Waals surface area contributed by atoms with Crippen molar-refractivity contribution in [2.45, 2.75) is 45.4 Å². The summed E-state index contributed by atoms with van der Waals surface area (Å²) in [5.41, 5.74) is 1.02. The zero-order valence-corrected chi connectivity index (χ0v) is 15.4. The molecule has 0 aliphatic carbocycles. The van der Waals surface area contributed by atoms with Crippen LogP contribution in [0.25, 0.3) is 0 Å². The maximum Gasteiger partial charge on any atom is 0.316 e. The molecule has 1 aromatic rings. The number of hydrogen-bond donors (Lipinski definition) is 2. The summed E-state index contributed by atoms with van der Waals surface area (Å²) >= 11 is 0. The van der Waals surface area contributed by atoms with Gasteiger partial charge in [0, 0.05) is 19.6 Å². The van der Waals surface area contributed by atoms with Gasteiger partial charge in [-0.05, 0) is 43.5 Å². The fourth-order valence-corrected chi connectivity index (χ4v) is 2.76. The monoisotopic (exact) mass is 343 g/mol. The third-order valence-corrected chi connectivity index (χ3v) is 4.48. The first-order valence-corrected chi connectivity index (χ1v) is 8.92. The van der Waals surface area contributed by atoms with Crippen molar-refractivity contribution < 1.29 is 9.53 Å². The van der Waals surface area contributed by atoms with E-state index >= 15 is 0 Å². The van der Waals surface area contributed by atoms with Gasteiger partial charge in [-0.15, -0.1) is 6.42 Å². The van der Waals surface area contributed by atoms with Gasteiger partial charge in [-0.1, -0.05) is 31.9 Å². The fraction of sp³-hybridized carbons (Fsp3) is 0.550. The molecule has 1 fully saturated rings. The lowest BCUT2D eigenvalue weighted by molar-refractivity contribution is 0.114. The van der Waals surface area contributed by atoms with Gasteiger partial charge in [0.25, 0.3) is 0 Å². The van der Waals surface area contributed by atoms with E-state index in [9.17, 15) is 4.79 Å². The predicted octanol–water partition coefficient (Wildman–Crippen LogP) is 2.62. The minimum atomic E-state index is -0.259. The Labute approximate surface area is 151 Å². The molecule has 0 spiro atoms. The maximum absolute atomic E-state index is 11.9. The number of ether oxygens (including phenoxy) is 1. The molecule has 0 saturated carbocycles. The van der Waals surface area contributed by atoms with Crippen LogP contribution in [0.2, 0.25) is 0 Å². The van der Waals surface area contributed by atoms with E-state index in [-0.39, 0.29) is 18.0 Å². The second-order valence-corrected chi connectivity index (χ2v) is 6.98. The van der Waals surface area contributed by atoms with Crippen molar-refractivity contribution in [3.05, 3.63) is 29.8 Å². The molecule has 0 bridgehead atoms. The lowest BCUT2D eigenvalue weighted by atomic mass is 10.1. The first-order chi connectivity index (χ1) is 12.0. The van der Waals surface area contributed by atoms with Crippen LogP contribution in [0.15, 0.2) is 24.3 Å². The van der Waals surface area contributed by atoms with Crippen molar-refractivity contribution in [1.29, 1.82) is 0 Å². The van der Waals surface area contributed by atoms with Crippen LogP contribution in [0, 0.1) is 18.3 Å². The molecule has 1 atom stereocenters. The number of terminal acetylenes is 1. The van der Waals surface area contributed by atoms with E-state index in [1.54, 1.807) is 0 Å². The van der Waals surface area contributed by atoms with E-state index in [0.717, 1.165) is 37.2 Å². The van der Waals surface area contributed by atoms with Crippen molar-refractivity contribution >= 4 is 6.03 Å². The number of carbonyl (C=O) groups is 1. The average Bonchev–Trinajstić information content (AvgIpc) is 2.60. The fourth-order valence-electron chi connectivity index (χ4n) is 2.76. The number of rotatable bonds is 6. The summed E-state index contributed by atoms with van der Waals surface area (Å²) in [5, 5.41) is 5.62. The predicted molar refractivity (Wildman–Crippen MR) is 100 cm³/mol. The Morgan fingerprint density at radius 3 is 2.52 bits per heavy atom. The molecule has 1 heterocycles. The Hall–Kier alpha value is -2.19. The first kappa shape index (κ1) is 19.1. The van der Waals surface area contributed by atoms with Gasteiger partial charge in [-0.2, -0.15) is 0 Å². The number of amides is 2. The van der Waals surface area contributed by atoms with E-state index in [4.69, 9.17) is 11.2 Å². The van der Waals surface area contributed by atoms with Crippen LogP contribution < -0.4 is 15.4 Å². The maximum atomic E-state index is 11.9. The highest BCUT2D eigenvalue weighted by Gasteiger charge is 2.18. The van der Waals surface area contributed by atoms with Crippen LogP contribution in [0.5, 0.6) is 5.75 Å². The molecule has 2 amide bonds. The standard InChI is InChI=1S/C20H29N3O2/c1-5-19(15(2)3)22-20(24)21-14-16-6-8-17(9-7-16)25-18-10-12-23(4)13-11-18/h1,6-9,15,18-19H,10-14H2,2-4H3,(H2,21,22,24). The van der Waals surface area contributed by atoms with Gasteiger partial charge in [0.2, 0.25) is 0 Å². The largest absolute Gasteiger partial charge is 0.490 e. The van der Waals surface area contributed by atoms with Crippen LogP contribution in [-0.2, 0) is 6.54 Å². The summed E-state index contributed by atoms with van der Waals surface area (Å²) in [5.74, 6) is 3.67. The Bertz CT molecular complexity index is 584. The van der Waals surface area contributed by atoms with Gasteiger partial charge < -0.3 is 20.3 Å². The van der Waals surface area contributed by atoms with E-state index in [1.807, 2.05) is 38.1 Å². The average molecular weight is 343 g/mol. The van der Waals surface area contributed by atoms with Crippen molar-refractivity contribution in [2.75, 3.05) is 20.1 Å². The minimum absolute atomic E-state index is 0.201. The molecule has 2 rings (SSSR count). The molecule has 2 N–H and O–H groups in total. The molecule has 136 valence electrons. The number of benzene rings is 1. The van der Waals surface area contributed by atoms with Gasteiger partial charge in [-0.3, -0.25) is 0 Å². The van der Waals surface area contributed by atoms with Gasteiger partial charge in [0.1, 0.15) is 11.9 Å². The van der Waals surface area contributed by atoms with E-state index < -0.39 is 0 Å². The van der Waals surface area contributed by atoms with Gasteiger partial charge >= 0.3 is 6.03 Å². The van der Waals surface area contributed by atoms with Crippen LogP contribution in [0.3, 0.4) is 0 Å². The van der Waals surface area contributed by atoms with E-state index in [0.29, 0.717) is 12.6 Å². The lowest BCUT2D eigenvalue weighted by Crippen LogP contribution is -2.43. The molecular formula is C20H29N3O2. The normalized spacial score (nSPS) is 16.9. The quantitative estimate of drug-likeness (QED) is 0.781.